The number of aliphatic hydroxyl groups is 1. The molecule has 1 saturated carbocycles. The SMILES string of the molecule is CN(CC1CC(O)C1)c1ccc([N+](=O)[O-])cc1N. The predicted molar refractivity (Wildman–Crippen MR) is 69.5 cm³/mol. The molecule has 0 heterocycles. The van der Waals surface area contributed by atoms with E-state index in [4.69, 9.17) is 5.73 Å². The third kappa shape index (κ3) is 2.53. The Kier molecular flexibility index (Phi) is 3.38. The van der Waals surface area contributed by atoms with E-state index in [0.29, 0.717) is 11.6 Å². The second-order valence-electron chi connectivity index (χ2n) is 4.87. The molecule has 0 spiro atoms. The van der Waals surface area contributed by atoms with Gasteiger partial charge in [0, 0.05) is 25.7 Å². The molecule has 1 aromatic rings. The Morgan fingerprint density at radius 3 is 2.72 bits per heavy atom. The van der Waals surface area contributed by atoms with E-state index in [9.17, 15) is 15.2 Å². The van der Waals surface area contributed by atoms with Crippen LogP contribution < -0.4 is 10.6 Å². The molecule has 1 aliphatic rings. The molecule has 6 nitrogen and oxygen atoms in total. The molecular weight excluding hydrogens is 234 g/mol. The Hall–Kier alpha value is -1.82. The molecule has 0 saturated heterocycles. The Labute approximate surface area is 105 Å². The number of nitrogens with two attached hydrogens (primary N) is 1. The van der Waals surface area contributed by atoms with Gasteiger partial charge in [-0.1, -0.05) is 0 Å². The molecule has 98 valence electrons. The first-order valence-electron chi connectivity index (χ1n) is 5.90. The number of non-ortho nitro benzene ring substituents is 1. The third-order valence-electron chi connectivity index (χ3n) is 3.38. The lowest BCUT2D eigenvalue weighted by Crippen LogP contribution is -2.37. The van der Waals surface area contributed by atoms with Crippen molar-refractivity contribution in [1.82, 2.24) is 0 Å². The molecule has 0 amide bonds. The maximum Gasteiger partial charge on any atom is 0.271 e. The van der Waals surface area contributed by atoms with Gasteiger partial charge in [0.05, 0.1) is 22.4 Å². The summed E-state index contributed by atoms with van der Waals surface area (Å²) >= 11 is 0. The number of hydrogen-bond donors (Lipinski definition) is 2. The fourth-order valence-corrected chi connectivity index (χ4v) is 2.34. The van der Waals surface area contributed by atoms with Gasteiger partial charge in [-0.15, -0.1) is 0 Å². The minimum absolute atomic E-state index is 0.00344. The zero-order valence-electron chi connectivity index (χ0n) is 10.2. The second kappa shape index (κ2) is 4.81. The van der Waals surface area contributed by atoms with Gasteiger partial charge < -0.3 is 15.7 Å². The smallest absolute Gasteiger partial charge is 0.271 e. The highest BCUT2D eigenvalue weighted by molar-refractivity contribution is 5.70. The molecule has 6 heteroatoms. The standard InChI is InChI=1S/C12H17N3O3/c1-14(7-8-4-10(16)5-8)12-3-2-9(15(17)18)6-11(12)13/h2-3,6,8,10,16H,4-5,7,13H2,1H3. The van der Waals surface area contributed by atoms with Crippen LogP contribution in [0.4, 0.5) is 17.1 Å². The van der Waals surface area contributed by atoms with Crippen LogP contribution in [0.15, 0.2) is 18.2 Å². The van der Waals surface area contributed by atoms with Gasteiger partial charge in [0.25, 0.3) is 5.69 Å². The lowest BCUT2D eigenvalue weighted by Gasteiger charge is -2.35. The Bertz CT molecular complexity index is 458. The summed E-state index contributed by atoms with van der Waals surface area (Å²) < 4.78 is 0. The molecule has 18 heavy (non-hydrogen) atoms. The number of benzene rings is 1. The number of nitrogens with zero attached hydrogens (tertiary/aromatic N) is 2. The summed E-state index contributed by atoms with van der Waals surface area (Å²) in [4.78, 5) is 12.1. The van der Waals surface area contributed by atoms with Gasteiger partial charge >= 0.3 is 0 Å². The van der Waals surface area contributed by atoms with Crippen LogP contribution in [0.1, 0.15) is 12.8 Å². The van der Waals surface area contributed by atoms with E-state index in [1.165, 1.54) is 12.1 Å². The van der Waals surface area contributed by atoms with Crippen LogP contribution in [0.2, 0.25) is 0 Å². The third-order valence-corrected chi connectivity index (χ3v) is 3.38. The van der Waals surface area contributed by atoms with E-state index in [0.717, 1.165) is 25.1 Å². The van der Waals surface area contributed by atoms with Gasteiger partial charge in [0.15, 0.2) is 0 Å². The molecular formula is C12H17N3O3. The van der Waals surface area contributed by atoms with Crippen molar-refractivity contribution in [2.45, 2.75) is 18.9 Å². The number of nitro benzene ring substituents is 1. The summed E-state index contributed by atoms with van der Waals surface area (Å²) in [6, 6.07) is 4.50. The number of rotatable bonds is 4. The monoisotopic (exact) mass is 251 g/mol. The molecule has 3 N–H and O–H groups in total. The Morgan fingerprint density at radius 1 is 1.56 bits per heavy atom. The number of nitrogen functional groups attached to an aromatic ring is 1. The predicted octanol–water partition coefficient (Wildman–Crippen LogP) is 1.38. The first-order valence-corrected chi connectivity index (χ1v) is 5.90. The zero-order chi connectivity index (χ0) is 13.3. The van der Waals surface area contributed by atoms with Crippen molar-refractivity contribution in [3.05, 3.63) is 28.3 Å². The zero-order valence-corrected chi connectivity index (χ0v) is 10.2. The first kappa shape index (κ1) is 12.6. The van der Waals surface area contributed by atoms with Gasteiger partial charge in [-0.25, -0.2) is 0 Å². The van der Waals surface area contributed by atoms with Crippen molar-refractivity contribution >= 4 is 17.1 Å². The van der Waals surface area contributed by atoms with Gasteiger partial charge in [-0.05, 0) is 24.8 Å². The highest BCUT2D eigenvalue weighted by Crippen LogP contribution is 2.32. The first-order chi connectivity index (χ1) is 8.47. The fraction of sp³-hybridized carbons (Fsp3) is 0.500. The van der Waals surface area contributed by atoms with Crippen molar-refractivity contribution in [3.8, 4) is 0 Å². The number of aliphatic hydroxyl groups excluding tert-OH is 1. The maximum atomic E-state index is 10.6. The summed E-state index contributed by atoms with van der Waals surface area (Å²) in [6.07, 6.45) is 1.46. The molecule has 1 aliphatic carbocycles. The molecule has 0 unspecified atom stereocenters. The summed E-state index contributed by atoms with van der Waals surface area (Å²) in [5.41, 5.74) is 7.03. The minimum Gasteiger partial charge on any atom is -0.397 e. The van der Waals surface area contributed by atoms with E-state index >= 15 is 0 Å². The quantitative estimate of drug-likeness (QED) is 0.479. The van der Waals surface area contributed by atoms with Crippen LogP contribution >= 0.6 is 0 Å². The normalized spacial score (nSPS) is 22.3. The maximum absolute atomic E-state index is 10.6. The van der Waals surface area contributed by atoms with E-state index in [-0.39, 0.29) is 11.8 Å². The van der Waals surface area contributed by atoms with Gasteiger partial charge in [-0.3, -0.25) is 10.1 Å². The lowest BCUT2D eigenvalue weighted by atomic mass is 9.82. The lowest BCUT2D eigenvalue weighted by molar-refractivity contribution is -0.384. The number of nitro groups is 1. The molecule has 2 rings (SSSR count). The number of hydrogen-bond acceptors (Lipinski definition) is 5. The van der Waals surface area contributed by atoms with Crippen LogP contribution in [0, 0.1) is 16.0 Å². The van der Waals surface area contributed by atoms with E-state index in [1.807, 2.05) is 11.9 Å². The van der Waals surface area contributed by atoms with Crippen LogP contribution in [0.25, 0.3) is 0 Å². The van der Waals surface area contributed by atoms with E-state index in [1.54, 1.807) is 6.07 Å². The Balaban J connectivity index is 2.05. The number of anilines is 2. The molecule has 0 bridgehead atoms. The molecule has 0 aliphatic heterocycles. The summed E-state index contributed by atoms with van der Waals surface area (Å²) in [5.74, 6) is 0.472. The van der Waals surface area contributed by atoms with Gasteiger partial charge in [-0.2, -0.15) is 0 Å². The van der Waals surface area contributed by atoms with Crippen molar-refractivity contribution < 1.29 is 10.0 Å². The van der Waals surface area contributed by atoms with Crippen LogP contribution in [-0.4, -0.2) is 29.7 Å². The van der Waals surface area contributed by atoms with Crippen molar-refractivity contribution in [2.75, 3.05) is 24.2 Å². The van der Waals surface area contributed by atoms with Gasteiger partial charge in [0.2, 0.25) is 0 Å². The minimum atomic E-state index is -0.456. The van der Waals surface area contributed by atoms with Crippen molar-refractivity contribution in [3.63, 3.8) is 0 Å². The van der Waals surface area contributed by atoms with Crippen LogP contribution in [0.5, 0.6) is 0 Å². The molecule has 0 radical (unpaired) electrons. The Morgan fingerprint density at radius 2 is 2.22 bits per heavy atom. The van der Waals surface area contributed by atoms with E-state index < -0.39 is 4.92 Å². The highest BCUT2D eigenvalue weighted by atomic mass is 16.6. The highest BCUT2D eigenvalue weighted by Gasteiger charge is 2.28. The summed E-state index contributed by atoms with van der Waals surface area (Å²) in [6.45, 7) is 0.805. The summed E-state index contributed by atoms with van der Waals surface area (Å²) in [7, 11) is 1.90. The topological polar surface area (TPSA) is 92.6 Å². The van der Waals surface area contributed by atoms with E-state index in [2.05, 4.69) is 0 Å². The fourth-order valence-electron chi connectivity index (χ4n) is 2.34. The molecule has 1 fully saturated rings. The molecule has 0 aromatic heterocycles. The average molecular weight is 251 g/mol. The van der Waals surface area contributed by atoms with Crippen LogP contribution in [0.3, 0.4) is 0 Å². The van der Waals surface area contributed by atoms with Crippen molar-refractivity contribution in [2.24, 2.45) is 5.92 Å². The van der Waals surface area contributed by atoms with Crippen molar-refractivity contribution in [1.29, 1.82) is 0 Å². The molecule has 1 aromatic carbocycles. The molecule has 0 atom stereocenters. The average Bonchev–Trinajstić information content (AvgIpc) is 2.26. The van der Waals surface area contributed by atoms with Crippen LogP contribution in [-0.2, 0) is 0 Å². The largest absolute Gasteiger partial charge is 0.397 e. The van der Waals surface area contributed by atoms with Gasteiger partial charge in [0.1, 0.15) is 0 Å². The summed E-state index contributed by atoms with van der Waals surface area (Å²) in [5, 5.41) is 19.8. The second-order valence-corrected chi connectivity index (χ2v) is 4.87.